The summed E-state index contributed by atoms with van der Waals surface area (Å²) in [7, 11) is 3.98. The molecule has 0 saturated carbocycles. The van der Waals surface area contributed by atoms with Gasteiger partial charge in [-0.2, -0.15) is 10.2 Å². The molecular formula is C16H17N3O. The van der Waals surface area contributed by atoms with Crippen molar-refractivity contribution in [3.05, 3.63) is 54.1 Å². The summed E-state index contributed by atoms with van der Waals surface area (Å²) in [5.74, 6) is 0.0254. The minimum atomic E-state index is 0.0254. The Bertz CT molecular complexity index is 630. The standard InChI is InChI=1S/C16H17N3O/c1-12(20)13-5-4-6-15(11-13)18-17-14-7-9-16(10-8-14)19(2)3/h4-11H,1-3H3/b18-17+. The van der Waals surface area contributed by atoms with Gasteiger partial charge >= 0.3 is 0 Å². The number of nitrogens with zero attached hydrogens (tertiary/aromatic N) is 3. The van der Waals surface area contributed by atoms with E-state index in [4.69, 9.17) is 0 Å². The van der Waals surface area contributed by atoms with E-state index in [9.17, 15) is 4.79 Å². The Morgan fingerprint density at radius 2 is 1.60 bits per heavy atom. The second-order valence-electron chi connectivity index (χ2n) is 4.72. The van der Waals surface area contributed by atoms with Crippen molar-refractivity contribution in [3.8, 4) is 0 Å². The average molecular weight is 267 g/mol. The normalized spacial score (nSPS) is 10.8. The van der Waals surface area contributed by atoms with Crippen LogP contribution in [0.5, 0.6) is 0 Å². The van der Waals surface area contributed by atoms with Crippen LogP contribution in [0.25, 0.3) is 0 Å². The highest BCUT2D eigenvalue weighted by Crippen LogP contribution is 2.21. The van der Waals surface area contributed by atoms with Crippen LogP contribution >= 0.6 is 0 Å². The summed E-state index contributed by atoms with van der Waals surface area (Å²) in [6.45, 7) is 1.54. The third-order valence-electron chi connectivity index (χ3n) is 2.90. The second kappa shape index (κ2) is 6.10. The first-order chi connectivity index (χ1) is 9.56. The molecule has 20 heavy (non-hydrogen) atoms. The first-order valence-corrected chi connectivity index (χ1v) is 6.36. The van der Waals surface area contributed by atoms with Crippen LogP contribution in [-0.4, -0.2) is 19.9 Å². The zero-order valence-electron chi connectivity index (χ0n) is 11.9. The lowest BCUT2D eigenvalue weighted by molar-refractivity contribution is 0.101. The number of Topliss-reactive ketones (excluding diaryl/α,β-unsaturated/α-hetero) is 1. The molecule has 0 atom stereocenters. The quantitative estimate of drug-likeness (QED) is 0.610. The molecule has 0 radical (unpaired) electrons. The summed E-state index contributed by atoms with van der Waals surface area (Å²) < 4.78 is 0. The number of rotatable bonds is 4. The first-order valence-electron chi connectivity index (χ1n) is 6.36. The Hall–Kier alpha value is -2.49. The highest BCUT2D eigenvalue weighted by atomic mass is 16.1. The lowest BCUT2D eigenvalue weighted by Gasteiger charge is -2.11. The zero-order valence-corrected chi connectivity index (χ0v) is 11.9. The molecule has 0 fully saturated rings. The van der Waals surface area contributed by atoms with Crippen LogP contribution in [-0.2, 0) is 0 Å². The smallest absolute Gasteiger partial charge is 0.159 e. The predicted octanol–water partition coefficient (Wildman–Crippen LogP) is 4.37. The van der Waals surface area contributed by atoms with E-state index in [1.807, 2.05) is 49.3 Å². The van der Waals surface area contributed by atoms with Crippen molar-refractivity contribution in [1.29, 1.82) is 0 Å². The van der Waals surface area contributed by atoms with Crippen LogP contribution in [0.3, 0.4) is 0 Å². The number of hydrogen-bond donors (Lipinski definition) is 0. The molecule has 2 rings (SSSR count). The highest BCUT2D eigenvalue weighted by molar-refractivity contribution is 5.94. The molecule has 0 heterocycles. The molecule has 102 valence electrons. The third-order valence-corrected chi connectivity index (χ3v) is 2.90. The number of azo groups is 1. The van der Waals surface area contributed by atoms with Crippen LogP contribution in [0.2, 0.25) is 0 Å². The Morgan fingerprint density at radius 1 is 0.950 bits per heavy atom. The summed E-state index contributed by atoms with van der Waals surface area (Å²) in [5.41, 5.74) is 3.21. The fourth-order valence-electron chi connectivity index (χ4n) is 1.72. The minimum absolute atomic E-state index is 0.0254. The molecule has 0 unspecified atom stereocenters. The number of hydrogen-bond acceptors (Lipinski definition) is 4. The maximum atomic E-state index is 11.3. The van der Waals surface area contributed by atoms with E-state index in [0.717, 1.165) is 11.4 Å². The van der Waals surface area contributed by atoms with Crippen molar-refractivity contribution in [2.24, 2.45) is 10.2 Å². The van der Waals surface area contributed by atoms with E-state index in [2.05, 4.69) is 10.2 Å². The van der Waals surface area contributed by atoms with Gasteiger partial charge in [-0.3, -0.25) is 4.79 Å². The van der Waals surface area contributed by atoms with E-state index in [-0.39, 0.29) is 5.78 Å². The maximum Gasteiger partial charge on any atom is 0.159 e. The molecule has 4 nitrogen and oxygen atoms in total. The monoisotopic (exact) mass is 267 g/mol. The van der Waals surface area contributed by atoms with Crippen molar-refractivity contribution >= 4 is 22.8 Å². The van der Waals surface area contributed by atoms with E-state index in [1.54, 1.807) is 18.2 Å². The Morgan fingerprint density at radius 3 is 2.20 bits per heavy atom. The summed E-state index contributed by atoms with van der Waals surface area (Å²) in [5, 5.41) is 8.33. The number of benzene rings is 2. The number of carbonyl (C=O) groups is 1. The van der Waals surface area contributed by atoms with Gasteiger partial charge in [-0.25, -0.2) is 0 Å². The molecule has 2 aromatic carbocycles. The van der Waals surface area contributed by atoms with Gasteiger partial charge in [-0.05, 0) is 43.3 Å². The van der Waals surface area contributed by atoms with Gasteiger partial charge in [0.1, 0.15) is 0 Å². The van der Waals surface area contributed by atoms with Crippen molar-refractivity contribution in [1.82, 2.24) is 0 Å². The van der Waals surface area contributed by atoms with Gasteiger partial charge in [0.15, 0.2) is 5.78 Å². The maximum absolute atomic E-state index is 11.3. The highest BCUT2D eigenvalue weighted by Gasteiger charge is 1.99. The summed E-state index contributed by atoms with van der Waals surface area (Å²) in [4.78, 5) is 13.3. The van der Waals surface area contributed by atoms with Crippen LogP contribution < -0.4 is 4.90 Å². The number of carbonyl (C=O) groups excluding carboxylic acids is 1. The minimum Gasteiger partial charge on any atom is -0.378 e. The molecule has 0 aliphatic heterocycles. The van der Waals surface area contributed by atoms with Crippen LogP contribution in [0.4, 0.5) is 17.1 Å². The lowest BCUT2D eigenvalue weighted by atomic mass is 10.1. The molecule has 4 heteroatoms. The molecule has 0 saturated heterocycles. The largest absolute Gasteiger partial charge is 0.378 e. The second-order valence-corrected chi connectivity index (χ2v) is 4.72. The number of anilines is 1. The van der Waals surface area contributed by atoms with Gasteiger partial charge in [-0.15, -0.1) is 0 Å². The SMILES string of the molecule is CC(=O)c1cccc(/N=N/c2ccc(N(C)C)cc2)c1. The van der Waals surface area contributed by atoms with Crippen molar-refractivity contribution in [3.63, 3.8) is 0 Å². The summed E-state index contributed by atoms with van der Waals surface area (Å²) >= 11 is 0. The van der Waals surface area contributed by atoms with E-state index in [1.165, 1.54) is 6.92 Å². The van der Waals surface area contributed by atoms with E-state index < -0.39 is 0 Å². The average Bonchev–Trinajstić information content (AvgIpc) is 2.46. The van der Waals surface area contributed by atoms with Crippen molar-refractivity contribution in [2.75, 3.05) is 19.0 Å². The molecule has 0 N–H and O–H groups in total. The molecule has 0 aromatic heterocycles. The Balaban J connectivity index is 2.16. The van der Waals surface area contributed by atoms with Crippen LogP contribution in [0.1, 0.15) is 17.3 Å². The fraction of sp³-hybridized carbons (Fsp3) is 0.188. The van der Waals surface area contributed by atoms with E-state index >= 15 is 0 Å². The predicted molar refractivity (Wildman–Crippen MR) is 81.4 cm³/mol. The Kier molecular flexibility index (Phi) is 4.25. The van der Waals surface area contributed by atoms with Crippen molar-refractivity contribution in [2.45, 2.75) is 6.92 Å². The first kappa shape index (κ1) is 13.9. The molecule has 0 spiro atoms. The molecule has 0 aliphatic rings. The molecule has 0 bridgehead atoms. The van der Waals surface area contributed by atoms with E-state index in [0.29, 0.717) is 11.3 Å². The summed E-state index contributed by atoms with van der Waals surface area (Å²) in [6.07, 6.45) is 0. The van der Waals surface area contributed by atoms with Gasteiger partial charge in [-0.1, -0.05) is 12.1 Å². The zero-order chi connectivity index (χ0) is 14.5. The molecular weight excluding hydrogens is 250 g/mol. The van der Waals surface area contributed by atoms with Crippen molar-refractivity contribution < 1.29 is 4.79 Å². The van der Waals surface area contributed by atoms with Gasteiger partial charge in [0, 0.05) is 25.3 Å². The third kappa shape index (κ3) is 3.51. The van der Waals surface area contributed by atoms with Gasteiger partial charge in [0.25, 0.3) is 0 Å². The van der Waals surface area contributed by atoms with Gasteiger partial charge in [0.05, 0.1) is 11.4 Å². The Labute approximate surface area is 118 Å². The summed E-state index contributed by atoms with van der Waals surface area (Å²) in [6, 6.07) is 14.9. The number of ketones is 1. The van der Waals surface area contributed by atoms with Crippen LogP contribution in [0, 0.1) is 0 Å². The topological polar surface area (TPSA) is 45.0 Å². The fourth-order valence-corrected chi connectivity index (χ4v) is 1.72. The van der Waals surface area contributed by atoms with Gasteiger partial charge in [0.2, 0.25) is 0 Å². The molecule has 0 aliphatic carbocycles. The lowest BCUT2D eigenvalue weighted by Crippen LogP contribution is -2.07. The molecule has 2 aromatic rings. The van der Waals surface area contributed by atoms with Crippen LogP contribution in [0.15, 0.2) is 58.8 Å². The molecule has 0 amide bonds. The van der Waals surface area contributed by atoms with Gasteiger partial charge < -0.3 is 4.90 Å².